The van der Waals surface area contributed by atoms with Crippen molar-refractivity contribution in [1.29, 1.82) is 0 Å². The first-order valence-corrected chi connectivity index (χ1v) is 4.43. The van der Waals surface area contributed by atoms with Gasteiger partial charge in [0.25, 0.3) is 6.43 Å². The molecule has 3 nitrogen and oxygen atoms in total. The van der Waals surface area contributed by atoms with E-state index in [0.717, 1.165) is 6.42 Å². The quantitative estimate of drug-likeness (QED) is 0.776. The van der Waals surface area contributed by atoms with Gasteiger partial charge in [0.15, 0.2) is 0 Å². The van der Waals surface area contributed by atoms with Crippen LogP contribution in [0.1, 0.15) is 18.4 Å². The van der Waals surface area contributed by atoms with Crippen LogP contribution in [0.25, 0.3) is 0 Å². The van der Waals surface area contributed by atoms with Crippen molar-refractivity contribution in [2.75, 3.05) is 5.32 Å². The zero-order valence-corrected chi connectivity index (χ0v) is 7.45. The lowest BCUT2D eigenvalue weighted by atomic mass is 10.3. The Hall–Kier alpha value is -1.23. The van der Waals surface area contributed by atoms with Crippen LogP contribution in [0.3, 0.4) is 0 Å². The van der Waals surface area contributed by atoms with Gasteiger partial charge in [-0.3, -0.25) is 0 Å². The number of rotatable bonds is 3. The van der Waals surface area contributed by atoms with E-state index in [1.54, 1.807) is 6.07 Å². The second-order valence-corrected chi connectivity index (χ2v) is 3.43. The van der Waals surface area contributed by atoms with Gasteiger partial charge in [-0.1, -0.05) is 0 Å². The third kappa shape index (κ3) is 1.98. The van der Waals surface area contributed by atoms with Crippen molar-refractivity contribution in [1.82, 2.24) is 4.98 Å². The largest absolute Gasteiger partial charge is 0.366 e. The molecule has 2 atom stereocenters. The van der Waals surface area contributed by atoms with Crippen LogP contribution in [0, 0.1) is 0 Å². The molecule has 0 aliphatic heterocycles. The summed E-state index contributed by atoms with van der Waals surface area (Å²) in [7, 11) is 0. The van der Waals surface area contributed by atoms with Gasteiger partial charge in [0, 0.05) is 23.8 Å². The lowest BCUT2D eigenvalue weighted by Crippen LogP contribution is -2.13. The molecule has 1 fully saturated rings. The molecule has 0 saturated heterocycles. The average molecular weight is 199 g/mol. The number of nitrogens with one attached hydrogen (secondary N) is 1. The highest BCUT2D eigenvalue weighted by molar-refractivity contribution is 5.39. The molecule has 0 spiro atoms. The fourth-order valence-electron chi connectivity index (χ4n) is 1.19. The highest BCUT2D eigenvalue weighted by Crippen LogP contribution is 2.24. The summed E-state index contributed by atoms with van der Waals surface area (Å²) in [6.45, 7) is 0. The SMILES string of the molecule is NC1CC1Nc1ccc(C(F)F)cn1. The van der Waals surface area contributed by atoms with Crippen LogP contribution in [0.4, 0.5) is 14.6 Å². The van der Waals surface area contributed by atoms with E-state index in [1.807, 2.05) is 0 Å². The second kappa shape index (κ2) is 3.49. The maximum Gasteiger partial charge on any atom is 0.265 e. The Morgan fingerprint density at radius 2 is 2.21 bits per heavy atom. The number of halogens is 2. The Morgan fingerprint density at radius 1 is 1.50 bits per heavy atom. The number of nitrogens with two attached hydrogens (primary N) is 1. The van der Waals surface area contributed by atoms with Gasteiger partial charge in [0.2, 0.25) is 0 Å². The molecule has 0 radical (unpaired) electrons. The Bertz CT molecular complexity index is 312. The monoisotopic (exact) mass is 199 g/mol. The van der Waals surface area contributed by atoms with Gasteiger partial charge >= 0.3 is 0 Å². The first-order valence-electron chi connectivity index (χ1n) is 4.43. The number of pyridine rings is 1. The first-order chi connectivity index (χ1) is 6.66. The molecule has 1 aromatic rings. The van der Waals surface area contributed by atoms with E-state index in [-0.39, 0.29) is 17.6 Å². The molecule has 0 amide bonds. The fraction of sp³-hybridized carbons (Fsp3) is 0.444. The molecular weight excluding hydrogens is 188 g/mol. The summed E-state index contributed by atoms with van der Waals surface area (Å²) in [5, 5.41) is 3.05. The minimum atomic E-state index is -2.46. The van der Waals surface area contributed by atoms with Crippen LogP contribution in [-0.2, 0) is 0 Å². The number of hydrogen-bond donors (Lipinski definition) is 2. The maximum absolute atomic E-state index is 12.2. The third-order valence-electron chi connectivity index (χ3n) is 2.21. The normalized spacial score (nSPS) is 25.1. The van der Waals surface area contributed by atoms with E-state index in [9.17, 15) is 8.78 Å². The Kier molecular flexibility index (Phi) is 2.33. The molecule has 0 aromatic carbocycles. The summed E-state index contributed by atoms with van der Waals surface area (Å²) in [4.78, 5) is 3.87. The standard InChI is InChI=1S/C9H11F2N3/c10-9(11)5-1-2-8(13-4-5)14-7-3-6(7)12/h1-2,4,6-7,9H,3,12H2,(H,13,14). The number of anilines is 1. The van der Waals surface area contributed by atoms with E-state index in [1.165, 1.54) is 12.3 Å². The third-order valence-corrected chi connectivity index (χ3v) is 2.21. The van der Waals surface area contributed by atoms with Crippen molar-refractivity contribution in [3.8, 4) is 0 Å². The van der Waals surface area contributed by atoms with Gasteiger partial charge in [-0.25, -0.2) is 13.8 Å². The Morgan fingerprint density at radius 3 is 2.64 bits per heavy atom. The van der Waals surface area contributed by atoms with Gasteiger partial charge in [0.1, 0.15) is 5.82 Å². The number of aromatic nitrogens is 1. The molecule has 1 aliphatic rings. The predicted molar refractivity (Wildman–Crippen MR) is 49.2 cm³/mol. The second-order valence-electron chi connectivity index (χ2n) is 3.43. The molecule has 1 saturated carbocycles. The minimum absolute atomic E-state index is 0.0596. The van der Waals surface area contributed by atoms with Crippen molar-refractivity contribution in [3.05, 3.63) is 23.9 Å². The summed E-state index contributed by atoms with van der Waals surface area (Å²) < 4.78 is 24.3. The summed E-state index contributed by atoms with van der Waals surface area (Å²) in [5.41, 5.74) is 5.52. The van der Waals surface area contributed by atoms with Gasteiger partial charge in [-0.15, -0.1) is 0 Å². The zero-order chi connectivity index (χ0) is 10.1. The van der Waals surface area contributed by atoms with Crippen LogP contribution in [0.2, 0.25) is 0 Å². The van der Waals surface area contributed by atoms with Crippen molar-refractivity contribution >= 4 is 5.82 Å². The predicted octanol–water partition coefficient (Wildman–Crippen LogP) is 1.53. The van der Waals surface area contributed by atoms with Crippen molar-refractivity contribution < 1.29 is 8.78 Å². The van der Waals surface area contributed by atoms with Crippen LogP contribution in [0.5, 0.6) is 0 Å². The lowest BCUT2D eigenvalue weighted by molar-refractivity contribution is 0.151. The van der Waals surface area contributed by atoms with Crippen molar-refractivity contribution in [3.63, 3.8) is 0 Å². The van der Waals surface area contributed by atoms with Crippen molar-refractivity contribution in [2.24, 2.45) is 5.73 Å². The zero-order valence-electron chi connectivity index (χ0n) is 7.45. The fourth-order valence-corrected chi connectivity index (χ4v) is 1.19. The van der Waals surface area contributed by atoms with Crippen molar-refractivity contribution in [2.45, 2.75) is 24.9 Å². The van der Waals surface area contributed by atoms with Gasteiger partial charge in [-0.2, -0.15) is 0 Å². The molecule has 0 bridgehead atoms. The molecule has 1 aliphatic carbocycles. The van der Waals surface area contributed by atoms with Crippen LogP contribution in [0.15, 0.2) is 18.3 Å². The molecule has 5 heteroatoms. The molecule has 76 valence electrons. The molecular formula is C9H11F2N3. The number of alkyl halides is 2. The summed E-state index contributed by atoms with van der Waals surface area (Å²) >= 11 is 0. The summed E-state index contributed by atoms with van der Waals surface area (Å²) in [6.07, 6.45) is -0.362. The highest BCUT2D eigenvalue weighted by atomic mass is 19.3. The Balaban J connectivity index is 1.99. The average Bonchev–Trinajstić information content (AvgIpc) is 2.82. The van der Waals surface area contributed by atoms with E-state index in [2.05, 4.69) is 10.3 Å². The van der Waals surface area contributed by atoms with E-state index < -0.39 is 6.43 Å². The van der Waals surface area contributed by atoms with Crippen LogP contribution in [-0.4, -0.2) is 17.1 Å². The molecule has 2 unspecified atom stereocenters. The lowest BCUT2D eigenvalue weighted by Gasteiger charge is -2.04. The smallest absolute Gasteiger partial charge is 0.265 e. The molecule has 3 N–H and O–H groups in total. The summed E-state index contributed by atoms with van der Waals surface area (Å²) in [5.74, 6) is 0.604. The number of nitrogens with zero attached hydrogens (tertiary/aromatic N) is 1. The molecule has 1 heterocycles. The van der Waals surface area contributed by atoms with Gasteiger partial charge in [-0.05, 0) is 18.6 Å². The van der Waals surface area contributed by atoms with E-state index in [0.29, 0.717) is 5.82 Å². The molecule has 14 heavy (non-hydrogen) atoms. The summed E-state index contributed by atoms with van der Waals surface area (Å²) in [6, 6.07) is 3.34. The highest BCUT2D eigenvalue weighted by Gasteiger charge is 2.33. The van der Waals surface area contributed by atoms with Gasteiger partial charge < -0.3 is 11.1 Å². The Labute approximate surface area is 80.3 Å². The topological polar surface area (TPSA) is 50.9 Å². The minimum Gasteiger partial charge on any atom is -0.366 e. The van der Waals surface area contributed by atoms with E-state index >= 15 is 0 Å². The molecule has 2 rings (SSSR count). The van der Waals surface area contributed by atoms with Crippen LogP contribution < -0.4 is 11.1 Å². The van der Waals surface area contributed by atoms with Gasteiger partial charge in [0.05, 0.1) is 0 Å². The molecule has 1 aromatic heterocycles. The number of hydrogen-bond acceptors (Lipinski definition) is 3. The van der Waals surface area contributed by atoms with Crippen LogP contribution >= 0.6 is 0 Å². The van der Waals surface area contributed by atoms with E-state index in [4.69, 9.17) is 5.73 Å². The first kappa shape index (κ1) is 9.33. The maximum atomic E-state index is 12.2.